The van der Waals surface area contributed by atoms with Gasteiger partial charge in [0, 0.05) is 30.4 Å². The monoisotopic (exact) mass is 297 g/mol. The Hall–Kier alpha value is -1.82. The molecule has 0 aliphatic rings. The Morgan fingerprint density at radius 1 is 1.05 bits per heavy atom. The number of rotatable bonds is 6. The van der Waals surface area contributed by atoms with E-state index >= 15 is 0 Å². The number of aryl methyl sites for hydroxylation is 3. The number of hydrogen-bond acceptors (Lipinski definition) is 2. The molecule has 0 unspecified atom stereocenters. The molecule has 0 aliphatic heterocycles. The van der Waals surface area contributed by atoms with Crippen molar-refractivity contribution in [1.82, 2.24) is 15.1 Å². The van der Waals surface area contributed by atoms with Crippen molar-refractivity contribution in [2.45, 2.75) is 33.4 Å². The number of benzene rings is 1. The van der Waals surface area contributed by atoms with Crippen LogP contribution >= 0.6 is 0 Å². The van der Waals surface area contributed by atoms with Crippen molar-refractivity contribution in [1.29, 1.82) is 0 Å². The number of nitrogens with one attached hydrogen (secondary N) is 1. The van der Waals surface area contributed by atoms with Crippen molar-refractivity contribution in [2.75, 3.05) is 6.54 Å². The zero-order valence-corrected chi connectivity index (χ0v) is 12.1. The van der Waals surface area contributed by atoms with E-state index in [4.69, 9.17) is 0 Å². The third-order valence-electron chi connectivity index (χ3n) is 3.23. The molecule has 1 heterocycles. The van der Waals surface area contributed by atoms with Gasteiger partial charge >= 0.3 is 0 Å². The van der Waals surface area contributed by atoms with E-state index in [1.807, 2.05) is 24.6 Å². The summed E-state index contributed by atoms with van der Waals surface area (Å²) in [6.07, 6.45) is 0.813. The SMILES string of the molecule is Cc1cc(C)n(CCCNCc2cc(F)c(F)cc2F)n1. The van der Waals surface area contributed by atoms with Crippen molar-refractivity contribution in [3.8, 4) is 0 Å². The Labute approximate surface area is 121 Å². The lowest BCUT2D eigenvalue weighted by atomic mass is 10.2. The molecule has 21 heavy (non-hydrogen) atoms. The minimum Gasteiger partial charge on any atom is -0.312 e. The fourth-order valence-electron chi connectivity index (χ4n) is 2.18. The molecule has 1 aromatic carbocycles. The molecule has 1 aromatic heterocycles. The predicted molar refractivity (Wildman–Crippen MR) is 74.3 cm³/mol. The average Bonchev–Trinajstić information content (AvgIpc) is 2.73. The lowest BCUT2D eigenvalue weighted by molar-refractivity contribution is 0.484. The van der Waals surface area contributed by atoms with Crippen LogP contribution in [0.2, 0.25) is 0 Å². The summed E-state index contributed by atoms with van der Waals surface area (Å²) in [5.74, 6) is -2.93. The topological polar surface area (TPSA) is 29.9 Å². The molecule has 1 N–H and O–H groups in total. The highest BCUT2D eigenvalue weighted by Gasteiger charge is 2.09. The number of hydrogen-bond donors (Lipinski definition) is 1. The highest BCUT2D eigenvalue weighted by Crippen LogP contribution is 2.13. The van der Waals surface area contributed by atoms with Crippen LogP contribution in [-0.4, -0.2) is 16.3 Å². The summed E-state index contributed by atoms with van der Waals surface area (Å²) < 4.78 is 41.1. The summed E-state index contributed by atoms with van der Waals surface area (Å²) in [6, 6.07) is 3.46. The van der Waals surface area contributed by atoms with Crippen LogP contribution in [-0.2, 0) is 13.1 Å². The smallest absolute Gasteiger partial charge is 0.161 e. The third-order valence-corrected chi connectivity index (χ3v) is 3.23. The number of halogens is 3. The van der Waals surface area contributed by atoms with Crippen molar-refractivity contribution in [3.05, 3.63) is 52.6 Å². The molecule has 0 atom stereocenters. The van der Waals surface area contributed by atoms with E-state index in [1.54, 1.807) is 0 Å². The summed E-state index contributed by atoms with van der Waals surface area (Å²) in [4.78, 5) is 0. The zero-order chi connectivity index (χ0) is 15.4. The molecular formula is C15H18F3N3. The first kappa shape index (κ1) is 15.6. The predicted octanol–water partition coefficient (Wildman–Crippen LogP) is 3.10. The number of nitrogens with zero attached hydrogens (tertiary/aromatic N) is 2. The molecule has 0 radical (unpaired) electrons. The van der Waals surface area contributed by atoms with Gasteiger partial charge in [0.2, 0.25) is 0 Å². The highest BCUT2D eigenvalue weighted by molar-refractivity contribution is 5.19. The molecule has 0 fully saturated rings. The highest BCUT2D eigenvalue weighted by atomic mass is 19.2. The molecule has 3 nitrogen and oxygen atoms in total. The average molecular weight is 297 g/mol. The molecule has 2 rings (SSSR count). The lowest BCUT2D eigenvalue weighted by Gasteiger charge is -2.08. The molecule has 0 saturated carbocycles. The van der Waals surface area contributed by atoms with E-state index < -0.39 is 17.5 Å². The molecule has 0 amide bonds. The van der Waals surface area contributed by atoms with Gasteiger partial charge in [-0.25, -0.2) is 13.2 Å². The van der Waals surface area contributed by atoms with Crippen LogP contribution in [0.15, 0.2) is 18.2 Å². The van der Waals surface area contributed by atoms with Gasteiger partial charge in [0.1, 0.15) is 5.82 Å². The van der Waals surface area contributed by atoms with Crippen LogP contribution in [0.25, 0.3) is 0 Å². The molecule has 0 spiro atoms. The normalized spacial score (nSPS) is 11.1. The Bertz CT molecular complexity index is 623. The van der Waals surface area contributed by atoms with E-state index in [0.717, 1.165) is 30.4 Å². The lowest BCUT2D eigenvalue weighted by Crippen LogP contribution is -2.18. The largest absolute Gasteiger partial charge is 0.312 e. The Morgan fingerprint density at radius 3 is 2.43 bits per heavy atom. The Kier molecular flexibility index (Phi) is 5.01. The van der Waals surface area contributed by atoms with Crippen molar-refractivity contribution in [3.63, 3.8) is 0 Å². The molecule has 0 saturated heterocycles. The number of aromatic nitrogens is 2. The van der Waals surface area contributed by atoms with E-state index in [9.17, 15) is 13.2 Å². The van der Waals surface area contributed by atoms with Crippen LogP contribution in [0.4, 0.5) is 13.2 Å². The second-order valence-corrected chi connectivity index (χ2v) is 5.04. The van der Waals surface area contributed by atoms with Gasteiger partial charge in [0.05, 0.1) is 5.69 Å². The van der Waals surface area contributed by atoms with E-state index in [0.29, 0.717) is 12.6 Å². The van der Waals surface area contributed by atoms with E-state index in [2.05, 4.69) is 10.4 Å². The molecular weight excluding hydrogens is 279 g/mol. The van der Waals surface area contributed by atoms with Crippen molar-refractivity contribution in [2.24, 2.45) is 0 Å². The van der Waals surface area contributed by atoms with Gasteiger partial charge in [-0.1, -0.05) is 0 Å². The summed E-state index contributed by atoms with van der Waals surface area (Å²) in [5.41, 5.74) is 2.20. The second kappa shape index (κ2) is 6.76. The van der Waals surface area contributed by atoms with Gasteiger partial charge in [0.15, 0.2) is 11.6 Å². The quantitative estimate of drug-likeness (QED) is 0.656. The van der Waals surface area contributed by atoms with Gasteiger partial charge in [-0.05, 0) is 38.9 Å². The van der Waals surface area contributed by atoms with Gasteiger partial charge in [-0.2, -0.15) is 5.10 Å². The zero-order valence-electron chi connectivity index (χ0n) is 12.1. The molecule has 0 aliphatic carbocycles. The summed E-state index contributed by atoms with van der Waals surface area (Å²) in [7, 11) is 0. The first-order valence-electron chi connectivity index (χ1n) is 6.82. The minimum atomic E-state index is -1.17. The minimum absolute atomic E-state index is 0.125. The van der Waals surface area contributed by atoms with Crippen molar-refractivity contribution < 1.29 is 13.2 Å². The van der Waals surface area contributed by atoms with Crippen molar-refractivity contribution >= 4 is 0 Å². The van der Waals surface area contributed by atoms with Crippen LogP contribution in [0.3, 0.4) is 0 Å². The molecule has 0 bridgehead atoms. The third kappa shape index (κ3) is 4.07. The van der Waals surface area contributed by atoms with Crippen LogP contribution < -0.4 is 5.32 Å². The van der Waals surface area contributed by atoms with E-state index in [-0.39, 0.29) is 12.1 Å². The second-order valence-electron chi connectivity index (χ2n) is 5.04. The fraction of sp³-hybridized carbons (Fsp3) is 0.400. The Balaban J connectivity index is 1.77. The maximum atomic E-state index is 13.4. The summed E-state index contributed by atoms with van der Waals surface area (Å²) in [5, 5.41) is 7.35. The van der Waals surface area contributed by atoms with E-state index in [1.165, 1.54) is 0 Å². The maximum Gasteiger partial charge on any atom is 0.161 e. The maximum absolute atomic E-state index is 13.4. The van der Waals surface area contributed by atoms with Gasteiger partial charge < -0.3 is 5.32 Å². The van der Waals surface area contributed by atoms with Gasteiger partial charge in [-0.15, -0.1) is 0 Å². The van der Waals surface area contributed by atoms with Crippen LogP contribution in [0, 0.1) is 31.3 Å². The van der Waals surface area contributed by atoms with Gasteiger partial charge in [0.25, 0.3) is 0 Å². The van der Waals surface area contributed by atoms with Crippen LogP contribution in [0.5, 0.6) is 0 Å². The first-order chi connectivity index (χ1) is 9.97. The molecule has 6 heteroatoms. The van der Waals surface area contributed by atoms with Crippen LogP contribution in [0.1, 0.15) is 23.4 Å². The standard InChI is InChI=1S/C15H18F3N3/c1-10-6-11(2)21(20-10)5-3-4-19-9-12-7-14(17)15(18)8-13(12)16/h6-8,19H,3-5,9H2,1-2H3. The summed E-state index contributed by atoms with van der Waals surface area (Å²) >= 11 is 0. The first-order valence-corrected chi connectivity index (χ1v) is 6.82. The van der Waals surface area contributed by atoms with Gasteiger partial charge in [-0.3, -0.25) is 4.68 Å². The molecule has 2 aromatic rings. The summed E-state index contributed by atoms with van der Waals surface area (Å²) in [6.45, 7) is 5.49. The Morgan fingerprint density at radius 2 is 1.76 bits per heavy atom. The fourth-order valence-corrected chi connectivity index (χ4v) is 2.18. The molecule has 114 valence electrons.